The lowest BCUT2D eigenvalue weighted by Crippen LogP contribution is -2.05. The normalized spacial score (nSPS) is 10.7. The van der Waals surface area contributed by atoms with Crippen LogP contribution >= 0.6 is 15.9 Å². The van der Waals surface area contributed by atoms with Crippen molar-refractivity contribution in [3.63, 3.8) is 0 Å². The fraction of sp³-hybridized carbons (Fsp3) is 0.0870. The minimum Gasteiger partial charge on any atom is -0.496 e. The Labute approximate surface area is 175 Å². The molecule has 0 fully saturated rings. The Morgan fingerprint density at radius 3 is 2.48 bits per heavy atom. The molecule has 0 aliphatic heterocycles. The van der Waals surface area contributed by atoms with Crippen LogP contribution in [-0.2, 0) is 6.61 Å². The zero-order chi connectivity index (χ0) is 20.2. The fourth-order valence-corrected chi connectivity index (χ4v) is 3.25. The van der Waals surface area contributed by atoms with E-state index in [-0.39, 0.29) is 11.2 Å². The predicted octanol–water partition coefficient (Wildman–Crippen LogP) is 5.94. The molecule has 1 aromatic heterocycles. The van der Waals surface area contributed by atoms with E-state index < -0.39 is 0 Å². The van der Waals surface area contributed by atoms with Crippen LogP contribution in [0, 0.1) is 0 Å². The quantitative estimate of drug-likeness (QED) is 0.362. The third-order valence-corrected chi connectivity index (χ3v) is 5.01. The van der Waals surface area contributed by atoms with Gasteiger partial charge in [0.15, 0.2) is 0 Å². The topological polar surface area (TPSA) is 57.9 Å². The average molecular weight is 453 g/mol. The van der Waals surface area contributed by atoms with Gasteiger partial charge < -0.3 is 18.6 Å². The summed E-state index contributed by atoms with van der Waals surface area (Å²) >= 11 is 3.40. The number of halogens is 1. The van der Waals surface area contributed by atoms with Crippen molar-refractivity contribution in [2.45, 2.75) is 6.61 Å². The van der Waals surface area contributed by atoms with Gasteiger partial charge in [-0.05, 0) is 46.3 Å². The van der Waals surface area contributed by atoms with Crippen LogP contribution in [-0.4, -0.2) is 7.11 Å². The maximum atomic E-state index is 12.8. The van der Waals surface area contributed by atoms with Crippen LogP contribution in [0.2, 0.25) is 0 Å². The van der Waals surface area contributed by atoms with Crippen molar-refractivity contribution in [1.82, 2.24) is 0 Å². The molecule has 0 amide bonds. The zero-order valence-corrected chi connectivity index (χ0v) is 17.1. The summed E-state index contributed by atoms with van der Waals surface area (Å²) in [6.07, 6.45) is 1.31. The highest BCUT2D eigenvalue weighted by molar-refractivity contribution is 9.10. The van der Waals surface area contributed by atoms with Gasteiger partial charge in [0.05, 0.1) is 17.0 Å². The highest BCUT2D eigenvalue weighted by Gasteiger charge is 2.12. The first-order valence-corrected chi connectivity index (χ1v) is 9.67. The average Bonchev–Trinajstić information content (AvgIpc) is 2.76. The fourth-order valence-electron chi connectivity index (χ4n) is 2.88. The van der Waals surface area contributed by atoms with Gasteiger partial charge in [-0.1, -0.05) is 30.3 Å². The molecule has 0 N–H and O–H groups in total. The molecule has 3 aromatic carbocycles. The Balaban J connectivity index is 1.57. The maximum absolute atomic E-state index is 12.8. The van der Waals surface area contributed by atoms with E-state index in [1.165, 1.54) is 6.26 Å². The molecule has 29 heavy (non-hydrogen) atoms. The Bertz CT molecular complexity index is 1220. The SMILES string of the molecule is COc1ccccc1COc1ccc2c(=O)c(Oc3ccccc3Br)coc2c1. The predicted molar refractivity (Wildman–Crippen MR) is 114 cm³/mol. The second kappa shape index (κ2) is 8.41. The van der Waals surface area contributed by atoms with Crippen LogP contribution in [0.25, 0.3) is 11.0 Å². The van der Waals surface area contributed by atoms with Gasteiger partial charge in [0.2, 0.25) is 11.2 Å². The van der Waals surface area contributed by atoms with Crippen LogP contribution in [0.15, 0.2) is 86.7 Å². The van der Waals surface area contributed by atoms with Crippen molar-refractivity contribution in [3.8, 4) is 23.0 Å². The molecule has 0 aliphatic rings. The minimum absolute atomic E-state index is 0.118. The second-order valence-electron chi connectivity index (χ2n) is 6.22. The lowest BCUT2D eigenvalue weighted by Gasteiger charge is -2.11. The summed E-state index contributed by atoms with van der Waals surface area (Å²) in [5.41, 5.74) is 1.10. The van der Waals surface area contributed by atoms with Crippen LogP contribution in [0.5, 0.6) is 23.0 Å². The molecule has 0 saturated carbocycles. The molecule has 0 aliphatic carbocycles. The molecule has 6 heteroatoms. The number of hydrogen-bond donors (Lipinski definition) is 0. The number of benzene rings is 3. The van der Waals surface area contributed by atoms with Crippen LogP contribution in [0.1, 0.15) is 5.56 Å². The van der Waals surface area contributed by atoms with Crippen molar-refractivity contribution in [2.75, 3.05) is 7.11 Å². The van der Waals surface area contributed by atoms with Gasteiger partial charge in [-0.15, -0.1) is 0 Å². The Morgan fingerprint density at radius 1 is 0.931 bits per heavy atom. The molecule has 0 unspecified atom stereocenters. The third kappa shape index (κ3) is 4.12. The van der Waals surface area contributed by atoms with E-state index >= 15 is 0 Å². The van der Waals surface area contributed by atoms with Crippen molar-refractivity contribution in [3.05, 3.63) is 93.3 Å². The van der Waals surface area contributed by atoms with E-state index in [4.69, 9.17) is 18.6 Å². The summed E-state index contributed by atoms with van der Waals surface area (Å²) in [6, 6.07) is 20.0. The lowest BCUT2D eigenvalue weighted by molar-refractivity contribution is 0.296. The Hall–Kier alpha value is -3.25. The summed E-state index contributed by atoms with van der Waals surface area (Å²) in [4.78, 5) is 12.8. The van der Waals surface area contributed by atoms with Crippen LogP contribution in [0.3, 0.4) is 0 Å². The molecule has 146 valence electrons. The maximum Gasteiger partial charge on any atom is 0.235 e. The number of methoxy groups -OCH3 is 1. The molecule has 0 spiro atoms. The number of rotatable bonds is 6. The summed E-state index contributed by atoms with van der Waals surface area (Å²) < 4.78 is 23.3. The minimum atomic E-state index is -0.252. The first-order valence-electron chi connectivity index (χ1n) is 8.88. The summed E-state index contributed by atoms with van der Waals surface area (Å²) in [6.45, 7) is 0.336. The number of fused-ring (bicyclic) bond motifs is 1. The molecule has 1 heterocycles. The summed E-state index contributed by atoms with van der Waals surface area (Å²) in [7, 11) is 1.62. The Kier molecular flexibility index (Phi) is 5.53. The van der Waals surface area contributed by atoms with Gasteiger partial charge in [0.25, 0.3) is 0 Å². The molecular formula is C23H17BrO5. The van der Waals surface area contributed by atoms with Crippen molar-refractivity contribution >= 4 is 26.9 Å². The van der Waals surface area contributed by atoms with E-state index in [1.54, 1.807) is 31.4 Å². The number of ether oxygens (including phenoxy) is 3. The molecule has 0 radical (unpaired) electrons. The van der Waals surface area contributed by atoms with E-state index in [9.17, 15) is 4.79 Å². The van der Waals surface area contributed by atoms with Gasteiger partial charge in [-0.25, -0.2) is 0 Å². The molecule has 0 bridgehead atoms. The first-order chi connectivity index (χ1) is 14.2. The van der Waals surface area contributed by atoms with E-state index in [1.807, 2.05) is 42.5 Å². The van der Waals surface area contributed by atoms with Crippen LogP contribution < -0.4 is 19.6 Å². The number of para-hydroxylation sites is 2. The van der Waals surface area contributed by atoms with Crippen molar-refractivity contribution in [1.29, 1.82) is 0 Å². The zero-order valence-electron chi connectivity index (χ0n) is 15.6. The first kappa shape index (κ1) is 19.1. The van der Waals surface area contributed by atoms with E-state index in [2.05, 4.69) is 15.9 Å². The largest absolute Gasteiger partial charge is 0.496 e. The highest BCUT2D eigenvalue weighted by Crippen LogP contribution is 2.29. The van der Waals surface area contributed by atoms with Crippen molar-refractivity contribution < 1.29 is 18.6 Å². The highest BCUT2D eigenvalue weighted by atomic mass is 79.9. The van der Waals surface area contributed by atoms with Gasteiger partial charge in [-0.2, -0.15) is 0 Å². The Morgan fingerprint density at radius 2 is 1.69 bits per heavy atom. The van der Waals surface area contributed by atoms with Gasteiger partial charge >= 0.3 is 0 Å². The third-order valence-electron chi connectivity index (χ3n) is 4.36. The monoisotopic (exact) mass is 452 g/mol. The van der Waals surface area contributed by atoms with Crippen LogP contribution in [0.4, 0.5) is 0 Å². The van der Waals surface area contributed by atoms with E-state index in [0.717, 1.165) is 15.8 Å². The van der Waals surface area contributed by atoms with E-state index in [0.29, 0.717) is 29.1 Å². The molecular weight excluding hydrogens is 436 g/mol. The second-order valence-corrected chi connectivity index (χ2v) is 7.07. The molecule has 0 saturated heterocycles. The van der Waals surface area contributed by atoms with Gasteiger partial charge in [-0.3, -0.25) is 4.79 Å². The molecule has 0 atom stereocenters. The smallest absolute Gasteiger partial charge is 0.235 e. The van der Waals surface area contributed by atoms with Crippen molar-refractivity contribution in [2.24, 2.45) is 0 Å². The molecule has 5 nitrogen and oxygen atoms in total. The lowest BCUT2D eigenvalue weighted by atomic mass is 10.2. The summed E-state index contributed by atoms with van der Waals surface area (Å²) in [5, 5.41) is 0.416. The molecule has 4 rings (SSSR count). The summed E-state index contributed by atoms with van der Waals surface area (Å²) in [5.74, 6) is 2.00. The van der Waals surface area contributed by atoms with Gasteiger partial charge in [0.1, 0.15) is 35.7 Å². The molecule has 4 aromatic rings. The van der Waals surface area contributed by atoms with Gasteiger partial charge in [0, 0.05) is 11.6 Å². The standard InChI is InChI=1S/C23H17BrO5/c1-26-19-8-4-2-6-15(19)13-27-16-10-11-17-21(12-16)28-14-22(23(17)25)29-20-9-5-3-7-18(20)24/h2-12,14H,13H2,1H3. The number of hydrogen-bond acceptors (Lipinski definition) is 5.